The molecule has 0 fully saturated rings. The van der Waals surface area contributed by atoms with Gasteiger partial charge in [-0.2, -0.15) is 12.1 Å². The van der Waals surface area contributed by atoms with E-state index in [2.05, 4.69) is 142 Å². The molecular formula is C32H44Cl2P2Ti. The Hall–Kier alpha value is -0.186. The van der Waals surface area contributed by atoms with Crippen LogP contribution < -0.4 is 35.4 Å². The summed E-state index contributed by atoms with van der Waals surface area (Å²) >= 11 is 0. The Morgan fingerprint density at radius 1 is 0.595 bits per heavy atom. The van der Waals surface area contributed by atoms with Gasteiger partial charge in [-0.15, -0.1) is 80.7 Å². The summed E-state index contributed by atoms with van der Waals surface area (Å²) in [6.45, 7) is 23.7. The van der Waals surface area contributed by atoms with Crippen molar-refractivity contribution < 1.29 is 46.5 Å². The number of hydrogen-bond acceptors (Lipinski definition) is 0. The Morgan fingerprint density at radius 3 is 1.30 bits per heavy atom. The van der Waals surface area contributed by atoms with Crippen LogP contribution in [0.25, 0.3) is 21.5 Å². The second-order valence-electron chi connectivity index (χ2n) is 12.0. The second-order valence-corrected chi connectivity index (χ2v) is 19.2. The Bertz CT molecular complexity index is 1120. The molecule has 0 aliphatic carbocycles. The van der Waals surface area contributed by atoms with E-state index in [1.54, 1.807) is 10.6 Å². The first-order chi connectivity index (χ1) is 15.8. The van der Waals surface area contributed by atoms with Crippen LogP contribution in [0, 0.1) is 0 Å². The Labute approximate surface area is 256 Å². The maximum Gasteiger partial charge on any atom is 4.00 e. The summed E-state index contributed by atoms with van der Waals surface area (Å²) in [7, 11) is -0.205. The minimum Gasteiger partial charge on any atom is -1.00 e. The van der Waals surface area contributed by atoms with Crippen LogP contribution in [0.15, 0.2) is 72.8 Å². The summed E-state index contributed by atoms with van der Waals surface area (Å²) in [4.78, 5) is 0. The van der Waals surface area contributed by atoms with Gasteiger partial charge in [-0.25, -0.2) is 0 Å². The molecule has 0 heterocycles. The molecule has 0 aliphatic heterocycles. The van der Waals surface area contributed by atoms with Gasteiger partial charge in [0, 0.05) is 0 Å². The molecule has 0 aromatic heterocycles. The zero-order valence-corrected chi connectivity index (χ0v) is 29.1. The zero-order valence-electron chi connectivity index (χ0n) is 24.2. The average Bonchev–Trinajstić information content (AvgIpc) is 3.28. The second kappa shape index (κ2) is 15.0. The summed E-state index contributed by atoms with van der Waals surface area (Å²) in [6, 6.07) is 27.0. The molecule has 4 rings (SSSR count). The fourth-order valence-electron chi connectivity index (χ4n) is 5.52. The topological polar surface area (TPSA) is 0 Å². The van der Waals surface area contributed by atoms with Crippen molar-refractivity contribution in [3.05, 3.63) is 72.8 Å². The van der Waals surface area contributed by atoms with Crippen molar-refractivity contribution in [2.75, 3.05) is 0 Å². The van der Waals surface area contributed by atoms with E-state index >= 15 is 0 Å². The number of fused-ring (bicyclic) bond motifs is 2. The Kier molecular flexibility index (Phi) is 14.9. The summed E-state index contributed by atoms with van der Waals surface area (Å²) in [6.07, 6.45) is 0. The van der Waals surface area contributed by atoms with E-state index in [1.807, 2.05) is 0 Å². The van der Waals surface area contributed by atoms with E-state index in [0.717, 1.165) is 11.3 Å². The van der Waals surface area contributed by atoms with Crippen LogP contribution in [-0.2, 0) is 21.7 Å². The van der Waals surface area contributed by atoms with Crippen LogP contribution in [0.4, 0.5) is 0 Å². The zero-order chi connectivity index (χ0) is 25.3. The first-order valence-electron chi connectivity index (χ1n) is 12.7. The SMILES string of the molecule is CC(C)(C)P(c1cc2ccccc2[cH-]1)C(C)(C)C.CC(C)P(c1cc2ccccc2[cH-]1)C(C)C.[Cl-].[Cl-].[Ti+4]. The molecule has 0 saturated heterocycles. The number of rotatable bonds is 4. The number of benzene rings is 2. The fraction of sp³-hybridized carbons (Fsp3) is 0.438. The summed E-state index contributed by atoms with van der Waals surface area (Å²) in [5, 5.41) is 9.36. The molecule has 4 aromatic rings. The van der Waals surface area contributed by atoms with Crippen LogP contribution in [-0.4, -0.2) is 21.6 Å². The number of halogens is 2. The predicted octanol–water partition coefficient (Wildman–Crippen LogP) is 3.75. The third-order valence-corrected chi connectivity index (χ3v) is 12.8. The molecule has 0 amide bonds. The molecule has 0 bridgehead atoms. The first kappa shape index (κ1) is 36.8. The quantitative estimate of drug-likeness (QED) is 0.188. The molecule has 200 valence electrons. The third kappa shape index (κ3) is 9.45. The van der Waals surface area contributed by atoms with Gasteiger partial charge in [0.15, 0.2) is 0 Å². The first-order valence-corrected chi connectivity index (χ1v) is 15.5. The molecule has 0 spiro atoms. The minimum atomic E-state index is -0.185. The molecule has 0 atom stereocenters. The van der Waals surface area contributed by atoms with Crippen molar-refractivity contribution in [1.82, 2.24) is 0 Å². The summed E-state index contributed by atoms with van der Waals surface area (Å²) in [5.74, 6) is 0. The van der Waals surface area contributed by atoms with E-state index in [1.165, 1.54) is 21.5 Å². The largest absolute Gasteiger partial charge is 4.00 e. The average molecular weight is 609 g/mol. The van der Waals surface area contributed by atoms with Gasteiger partial charge >= 0.3 is 21.7 Å². The van der Waals surface area contributed by atoms with E-state index in [4.69, 9.17) is 0 Å². The van der Waals surface area contributed by atoms with Gasteiger partial charge in [0.2, 0.25) is 0 Å². The molecule has 0 N–H and O–H groups in total. The molecule has 0 radical (unpaired) electrons. The molecular weight excluding hydrogens is 565 g/mol. The van der Waals surface area contributed by atoms with E-state index in [-0.39, 0.29) is 62.4 Å². The molecule has 0 unspecified atom stereocenters. The molecule has 4 aromatic carbocycles. The monoisotopic (exact) mass is 608 g/mol. The third-order valence-electron chi connectivity index (χ3n) is 6.22. The molecule has 5 heteroatoms. The predicted molar refractivity (Wildman–Crippen MR) is 162 cm³/mol. The Balaban J connectivity index is 0.000000651. The van der Waals surface area contributed by atoms with Crippen molar-refractivity contribution in [2.24, 2.45) is 0 Å². The van der Waals surface area contributed by atoms with Gasteiger partial charge in [0.1, 0.15) is 0 Å². The van der Waals surface area contributed by atoms with Crippen molar-refractivity contribution >= 4 is 48.0 Å². The Morgan fingerprint density at radius 2 is 0.946 bits per heavy atom. The van der Waals surface area contributed by atoms with E-state index in [9.17, 15) is 0 Å². The van der Waals surface area contributed by atoms with Crippen molar-refractivity contribution in [1.29, 1.82) is 0 Å². The molecule has 0 nitrogen and oxygen atoms in total. The number of hydrogen-bond donors (Lipinski definition) is 0. The van der Waals surface area contributed by atoms with Gasteiger partial charge in [-0.3, -0.25) is 0 Å². The van der Waals surface area contributed by atoms with Gasteiger partial charge in [0.25, 0.3) is 0 Å². The standard InChI is InChI=1S/C17H24P.C15H20P.2ClH.Ti/c1-16(2,3)18(17(4,5)6)15-11-13-9-7-8-10-14(13)12-15;1-11(2)16(12(3)4)15-9-13-7-5-6-8-14(13)10-15;;;/h7-12H,1-6H3;5-12H,1-4H3;2*1H;/q2*-1;;;+4/p-2. The van der Waals surface area contributed by atoms with Crippen molar-refractivity contribution in [2.45, 2.75) is 90.9 Å². The van der Waals surface area contributed by atoms with Gasteiger partial charge in [-0.1, -0.05) is 97.2 Å². The van der Waals surface area contributed by atoms with Crippen LogP contribution in [0.2, 0.25) is 0 Å². The summed E-state index contributed by atoms with van der Waals surface area (Å²) < 4.78 is 0. The van der Waals surface area contributed by atoms with Crippen LogP contribution >= 0.6 is 15.8 Å². The van der Waals surface area contributed by atoms with Crippen molar-refractivity contribution in [3.8, 4) is 0 Å². The van der Waals surface area contributed by atoms with Crippen LogP contribution in [0.5, 0.6) is 0 Å². The van der Waals surface area contributed by atoms with E-state index < -0.39 is 0 Å². The summed E-state index contributed by atoms with van der Waals surface area (Å²) in [5.41, 5.74) is 1.54. The normalized spacial score (nSPS) is 11.8. The molecule has 37 heavy (non-hydrogen) atoms. The van der Waals surface area contributed by atoms with Crippen LogP contribution in [0.3, 0.4) is 0 Å². The fourth-order valence-corrected chi connectivity index (χ4v) is 12.6. The minimum absolute atomic E-state index is 0. The van der Waals surface area contributed by atoms with Gasteiger partial charge in [-0.05, 0) is 21.6 Å². The smallest absolute Gasteiger partial charge is 1.00 e. The van der Waals surface area contributed by atoms with Gasteiger partial charge < -0.3 is 24.8 Å². The van der Waals surface area contributed by atoms with Gasteiger partial charge in [0.05, 0.1) is 0 Å². The molecule has 0 saturated carbocycles. The van der Waals surface area contributed by atoms with E-state index in [0.29, 0.717) is 10.3 Å². The molecule has 0 aliphatic rings. The van der Waals surface area contributed by atoms with Crippen molar-refractivity contribution in [3.63, 3.8) is 0 Å². The van der Waals surface area contributed by atoms with Crippen LogP contribution in [0.1, 0.15) is 69.2 Å². The maximum atomic E-state index is 2.40. The maximum absolute atomic E-state index is 2.40.